The van der Waals surface area contributed by atoms with Gasteiger partial charge in [-0.3, -0.25) is 4.40 Å². The fraction of sp³-hybridized carbons (Fsp3) is 0.360. The van der Waals surface area contributed by atoms with Crippen LogP contribution in [0, 0.1) is 5.92 Å². The molecule has 5 rings (SSSR count). The molecule has 0 aliphatic carbocycles. The minimum absolute atomic E-state index is 0.512. The van der Waals surface area contributed by atoms with Crippen LogP contribution in [0.3, 0.4) is 0 Å². The van der Waals surface area contributed by atoms with E-state index in [4.69, 9.17) is 20.2 Å². The van der Waals surface area contributed by atoms with Gasteiger partial charge in [0.05, 0.1) is 35.4 Å². The zero-order valence-electron chi connectivity index (χ0n) is 18.4. The van der Waals surface area contributed by atoms with Crippen LogP contribution in [0.15, 0.2) is 54.9 Å². The van der Waals surface area contributed by atoms with Crippen LogP contribution in [0.1, 0.15) is 12.8 Å². The molecule has 4 heterocycles. The summed E-state index contributed by atoms with van der Waals surface area (Å²) in [6.45, 7) is 3.89. The third-order valence-corrected chi connectivity index (χ3v) is 6.29. The lowest BCUT2D eigenvalue weighted by Gasteiger charge is -2.33. The van der Waals surface area contributed by atoms with Gasteiger partial charge in [-0.15, -0.1) is 0 Å². The van der Waals surface area contributed by atoms with Crippen molar-refractivity contribution in [2.75, 3.05) is 44.9 Å². The van der Waals surface area contributed by atoms with Crippen molar-refractivity contribution in [3.8, 4) is 17.1 Å². The summed E-state index contributed by atoms with van der Waals surface area (Å²) in [5.41, 5.74) is 10.8. The van der Waals surface area contributed by atoms with Crippen molar-refractivity contribution in [2.45, 2.75) is 12.8 Å². The average molecular weight is 432 g/mol. The molecule has 3 aromatic heterocycles. The molecule has 0 radical (unpaired) electrons. The molecule has 7 nitrogen and oxygen atoms in total. The quantitative estimate of drug-likeness (QED) is 0.449. The molecule has 0 spiro atoms. The van der Waals surface area contributed by atoms with Crippen LogP contribution in [0.5, 0.6) is 5.75 Å². The van der Waals surface area contributed by atoms with E-state index in [1.807, 2.05) is 28.9 Å². The number of para-hydroxylation sites is 1. The van der Waals surface area contributed by atoms with Gasteiger partial charge in [0.25, 0.3) is 0 Å². The normalized spacial score (nSPS) is 15.0. The van der Waals surface area contributed by atoms with Crippen molar-refractivity contribution in [3.63, 3.8) is 0 Å². The zero-order valence-corrected chi connectivity index (χ0v) is 18.4. The summed E-state index contributed by atoms with van der Waals surface area (Å²) in [6.07, 6.45) is 6.12. The number of ether oxygens (including phenoxy) is 2. The summed E-state index contributed by atoms with van der Waals surface area (Å²) in [6, 6.07) is 14.5. The molecule has 32 heavy (non-hydrogen) atoms. The van der Waals surface area contributed by atoms with E-state index in [1.54, 1.807) is 7.11 Å². The van der Waals surface area contributed by atoms with E-state index in [0.717, 1.165) is 66.2 Å². The van der Waals surface area contributed by atoms with Gasteiger partial charge in [-0.05, 0) is 43.5 Å². The van der Waals surface area contributed by atoms with Crippen LogP contribution in [0.4, 0.5) is 5.69 Å². The van der Waals surface area contributed by atoms with E-state index in [2.05, 4.69) is 40.2 Å². The SMILES string of the molecule is COCCOc1ccn2c(-c3ccc4cccc(N5CCC(CN)CC5)c4n3)cnc2c1. The molecule has 0 saturated carbocycles. The third kappa shape index (κ3) is 4.01. The molecule has 166 valence electrons. The standard InChI is InChI=1S/C25H29N5O2/c1-31-13-14-32-20-9-12-30-23(17-27-24(30)15-20)21-6-5-19-3-2-4-22(25(19)28-21)29-10-7-18(16-26)8-11-29/h2-6,9,12,15,17-18H,7-8,10-11,13-14,16,26H2,1H3. The van der Waals surface area contributed by atoms with Crippen molar-refractivity contribution in [3.05, 3.63) is 54.9 Å². The molecule has 1 aromatic carbocycles. The summed E-state index contributed by atoms with van der Waals surface area (Å²) < 4.78 is 12.8. The summed E-state index contributed by atoms with van der Waals surface area (Å²) in [7, 11) is 1.66. The predicted octanol–water partition coefficient (Wildman–Crippen LogP) is 3.75. The van der Waals surface area contributed by atoms with E-state index in [-0.39, 0.29) is 0 Å². The van der Waals surface area contributed by atoms with Crippen molar-refractivity contribution in [1.82, 2.24) is 14.4 Å². The molecule has 7 heteroatoms. The fourth-order valence-electron chi connectivity index (χ4n) is 4.42. The lowest BCUT2D eigenvalue weighted by Crippen LogP contribution is -2.36. The highest BCUT2D eigenvalue weighted by atomic mass is 16.5. The van der Waals surface area contributed by atoms with Crippen LogP contribution in [-0.2, 0) is 4.74 Å². The Morgan fingerprint density at radius 2 is 1.97 bits per heavy atom. The first-order valence-electron chi connectivity index (χ1n) is 11.2. The molecule has 1 saturated heterocycles. The molecule has 0 atom stereocenters. The molecule has 0 bridgehead atoms. The third-order valence-electron chi connectivity index (χ3n) is 6.29. The maximum Gasteiger partial charge on any atom is 0.140 e. The second-order valence-electron chi connectivity index (χ2n) is 8.29. The first-order valence-corrected chi connectivity index (χ1v) is 11.2. The van der Waals surface area contributed by atoms with Gasteiger partial charge >= 0.3 is 0 Å². The Bertz CT molecular complexity index is 1210. The molecule has 4 aromatic rings. The van der Waals surface area contributed by atoms with Gasteiger partial charge in [0.15, 0.2) is 0 Å². The largest absolute Gasteiger partial charge is 0.491 e. The Hall–Kier alpha value is -3.16. The number of pyridine rings is 2. The number of piperidine rings is 1. The maximum absolute atomic E-state index is 5.88. The molecular weight excluding hydrogens is 402 g/mol. The summed E-state index contributed by atoms with van der Waals surface area (Å²) in [4.78, 5) is 12.1. The number of hydrogen-bond donors (Lipinski definition) is 1. The molecular formula is C25H29N5O2. The van der Waals surface area contributed by atoms with E-state index < -0.39 is 0 Å². The number of hydrogen-bond acceptors (Lipinski definition) is 6. The highest BCUT2D eigenvalue weighted by Crippen LogP contribution is 2.31. The van der Waals surface area contributed by atoms with Crippen molar-refractivity contribution < 1.29 is 9.47 Å². The number of imidazole rings is 1. The van der Waals surface area contributed by atoms with Gasteiger partial charge in [-0.1, -0.05) is 18.2 Å². The van der Waals surface area contributed by atoms with Gasteiger partial charge in [-0.25, -0.2) is 9.97 Å². The number of nitrogens with zero attached hydrogens (tertiary/aromatic N) is 4. The predicted molar refractivity (Wildman–Crippen MR) is 127 cm³/mol. The van der Waals surface area contributed by atoms with Crippen LogP contribution < -0.4 is 15.4 Å². The minimum Gasteiger partial charge on any atom is -0.491 e. The Morgan fingerprint density at radius 3 is 2.78 bits per heavy atom. The summed E-state index contributed by atoms with van der Waals surface area (Å²) >= 11 is 0. The van der Waals surface area contributed by atoms with E-state index >= 15 is 0 Å². The van der Waals surface area contributed by atoms with Crippen LogP contribution in [0.2, 0.25) is 0 Å². The molecule has 1 fully saturated rings. The van der Waals surface area contributed by atoms with Gasteiger partial charge in [0, 0.05) is 37.8 Å². The first kappa shape index (κ1) is 20.7. The lowest BCUT2D eigenvalue weighted by atomic mass is 9.96. The second-order valence-corrected chi connectivity index (χ2v) is 8.29. The molecule has 2 N–H and O–H groups in total. The monoisotopic (exact) mass is 431 g/mol. The fourth-order valence-corrected chi connectivity index (χ4v) is 4.42. The first-order chi connectivity index (χ1) is 15.8. The number of methoxy groups -OCH3 is 1. The van der Waals surface area contributed by atoms with E-state index in [0.29, 0.717) is 19.1 Å². The Morgan fingerprint density at radius 1 is 1.09 bits per heavy atom. The number of benzene rings is 1. The zero-order chi connectivity index (χ0) is 21.9. The van der Waals surface area contributed by atoms with Gasteiger partial charge in [-0.2, -0.15) is 0 Å². The number of rotatable bonds is 7. The van der Waals surface area contributed by atoms with E-state index in [9.17, 15) is 0 Å². The van der Waals surface area contributed by atoms with Gasteiger partial charge in [0.1, 0.15) is 18.0 Å². The van der Waals surface area contributed by atoms with Crippen LogP contribution in [-0.4, -0.2) is 54.3 Å². The summed E-state index contributed by atoms with van der Waals surface area (Å²) in [5, 5.41) is 1.15. The van der Waals surface area contributed by atoms with Gasteiger partial charge < -0.3 is 20.1 Å². The molecule has 0 unspecified atom stereocenters. The number of nitrogens with two attached hydrogens (primary N) is 1. The lowest BCUT2D eigenvalue weighted by molar-refractivity contribution is 0.146. The van der Waals surface area contributed by atoms with Crippen molar-refractivity contribution in [2.24, 2.45) is 11.7 Å². The molecule has 0 amide bonds. The highest BCUT2D eigenvalue weighted by Gasteiger charge is 2.20. The summed E-state index contributed by atoms with van der Waals surface area (Å²) in [5.74, 6) is 1.41. The minimum atomic E-state index is 0.512. The highest BCUT2D eigenvalue weighted by molar-refractivity contribution is 5.92. The van der Waals surface area contributed by atoms with Crippen LogP contribution >= 0.6 is 0 Å². The number of fused-ring (bicyclic) bond motifs is 2. The number of aromatic nitrogens is 3. The Kier molecular flexibility index (Phi) is 5.92. The Balaban J connectivity index is 1.47. The number of anilines is 1. The van der Waals surface area contributed by atoms with E-state index in [1.165, 1.54) is 5.69 Å². The topological polar surface area (TPSA) is 77.9 Å². The van der Waals surface area contributed by atoms with Crippen molar-refractivity contribution >= 4 is 22.2 Å². The smallest absolute Gasteiger partial charge is 0.140 e. The van der Waals surface area contributed by atoms with Gasteiger partial charge in [0.2, 0.25) is 0 Å². The average Bonchev–Trinajstić information content (AvgIpc) is 3.27. The Labute approximate surface area is 187 Å². The second kappa shape index (κ2) is 9.14. The van der Waals surface area contributed by atoms with Crippen LogP contribution in [0.25, 0.3) is 27.9 Å². The maximum atomic E-state index is 5.88. The molecule has 1 aliphatic rings. The molecule has 1 aliphatic heterocycles. The van der Waals surface area contributed by atoms with Crippen molar-refractivity contribution in [1.29, 1.82) is 0 Å².